The number of fused-ring (bicyclic) bond motifs is 1. The van der Waals surface area contributed by atoms with Crippen molar-refractivity contribution in [3.8, 4) is 5.75 Å². The lowest BCUT2D eigenvalue weighted by atomic mass is 10.0. The van der Waals surface area contributed by atoms with Gasteiger partial charge in [0.2, 0.25) is 0 Å². The molecule has 4 rings (SSSR count). The van der Waals surface area contributed by atoms with Crippen LogP contribution in [0.1, 0.15) is 33.4 Å². The molecule has 1 saturated heterocycles. The Balaban J connectivity index is 1.55. The number of nitrogens with two attached hydrogens (primary N) is 1. The quantitative estimate of drug-likeness (QED) is 0.137. The van der Waals surface area contributed by atoms with Crippen LogP contribution in [-0.4, -0.2) is 68.6 Å². The first-order valence-electron chi connectivity index (χ1n) is 11.9. The number of rotatable bonds is 10. The lowest BCUT2D eigenvalue weighted by Gasteiger charge is -2.29. The summed E-state index contributed by atoms with van der Waals surface area (Å²) >= 11 is 5.94. The number of hydrazine groups is 1. The van der Waals surface area contributed by atoms with Crippen molar-refractivity contribution < 1.29 is 33.0 Å². The maximum atomic E-state index is 13.8. The lowest BCUT2D eigenvalue weighted by molar-refractivity contribution is -0.146. The Morgan fingerprint density at radius 3 is 2.69 bits per heavy atom. The second-order valence-corrected chi connectivity index (χ2v) is 12.0. The van der Waals surface area contributed by atoms with Crippen LogP contribution < -0.4 is 20.5 Å². The van der Waals surface area contributed by atoms with Crippen LogP contribution in [0.3, 0.4) is 0 Å². The molecule has 2 aromatic heterocycles. The summed E-state index contributed by atoms with van der Waals surface area (Å²) in [6.45, 7) is 4.31. The van der Waals surface area contributed by atoms with Gasteiger partial charge in [-0.2, -0.15) is 5.09 Å². The molecule has 0 amide bonds. The van der Waals surface area contributed by atoms with Crippen molar-refractivity contribution in [1.29, 1.82) is 0 Å². The number of benzene rings is 1. The minimum atomic E-state index is -4.19. The van der Waals surface area contributed by atoms with Crippen LogP contribution in [-0.2, 0) is 23.4 Å². The third-order valence-corrected chi connectivity index (χ3v) is 8.03. The van der Waals surface area contributed by atoms with E-state index in [0.29, 0.717) is 22.0 Å². The van der Waals surface area contributed by atoms with Crippen LogP contribution in [0.5, 0.6) is 5.75 Å². The Morgan fingerprint density at radius 1 is 1.36 bits per heavy atom. The fourth-order valence-electron chi connectivity index (χ4n) is 4.21. The van der Waals surface area contributed by atoms with Gasteiger partial charge in [-0.15, -0.1) is 0 Å². The maximum Gasteiger partial charge on any atom is 0.459 e. The van der Waals surface area contributed by atoms with Gasteiger partial charge >= 0.3 is 13.7 Å². The van der Waals surface area contributed by atoms with E-state index in [4.69, 9.17) is 36.0 Å². The number of imidazole rings is 1. The zero-order chi connectivity index (χ0) is 28.6. The molecule has 14 nitrogen and oxygen atoms in total. The molecule has 16 heteroatoms. The van der Waals surface area contributed by atoms with Gasteiger partial charge in [-0.25, -0.2) is 25.4 Å². The second kappa shape index (κ2) is 11.0. The number of hydrogen-bond acceptors (Lipinski definition) is 12. The van der Waals surface area contributed by atoms with E-state index in [1.54, 1.807) is 30.7 Å². The molecule has 4 atom stereocenters. The van der Waals surface area contributed by atoms with E-state index < -0.39 is 37.2 Å². The average molecular weight is 584 g/mol. The molecular formula is C23H31ClN7O7P. The van der Waals surface area contributed by atoms with Crippen LogP contribution >= 0.6 is 19.3 Å². The second-order valence-electron chi connectivity index (χ2n) is 9.87. The van der Waals surface area contributed by atoms with Crippen LogP contribution in [0.25, 0.3) is 11.2 Å². The van der Waals surface area contributed by atoms with Crippen molar-refractivity contribution >= 4 is 42.3 Å². The van der Waals surface area contributed by atoms with Crippen LogP contribution in [0.2, 0.25) is 5.02 Å². The molecule has 0 aliphatic carbocycles. The number of esters is 1. The normalized spacial score (nSPS) is 23.0. The molecule has 3 unspecified atom stereocenters. The van der Waals surface area contributed by atoms with E-state index in [0.717, 1.165) is 0 Å². The molecule has 1 aliphatic rings. The number of nitrogens with zero attached hydrogens (tertiary/aromatic N) is 5. The Morgan fingerprint density at radius 2 is 2.05 bits per heavy atom. The third-order valence-electron chi connectivity index (χ3n) is 6.00. The van der Waals surface area contributed by atoms with Gasteiger partial charge in [0.05, 0.1) is 26.1 Å². The van der Waals surface area contributed by atoms with E-state index in [-0.39, 0.29) is 18.8 Å². The Labute approximate surface area is 229 Å². The number of methoxy groups -OCH3 is 1. The highest BCUT2D eigenvalue weighted by atomic mass is 35.5. The number of ether oxygens (including phenoxy) is 2. The standard InChI is InChI=1S/C23H31ClN7O7P/c1-22(2,21(32)35-5)29-39(34,38-15-8-6-14(24)7-9-15)36-11-16-10-23(3,33)20(37-16)31-13-28-17-18(30(4)25)26-12-27-19(17)31/h6-9,12-13,16,20,33H,10-11,25H2,1-5H3,(H,29,34)/t16?,20?,23-,39?/m1/s1. The summed E-state index contributed by atoms with van der Waals surface area (Å²) in [5.74, 6) is 5.76. The Kier molecular flexibility index (Phi) is 8.20. The van der Waals surface area contributed by atoms with Gasteiger partial charge in [-0.3, -0.25) is 18.9 Å². The molecule has 3 aromatic rings. The lowest BCUT2D eigenvalue weighted by Crippen LogP contribution is -2.46. The SMILES string of the molecule is COC(=O)C(C)(C)NP(=O)(OCC1C[C@@](C)(O)C(n2cnc3c(N(C)N)ncnc32)O1)Oc1ccc(Cl)cc1. The minimum absolute atomic E-state index is 0.118. The summed E-state index contributed by atoms with van der Waals surface area (Å²) in [5, 5.41) is 15.6. The van der Waals surface area contributed by atoms with Crippen LogP contribution in [0, 0.1) is 0 Å². The zero-order valence-electron chi connectivity index (χ0n) is 22.1. The van der Waals surface area contributed by atoms with Crippen LogP contribution in [0.15, 0.2) is 36.9 Å². The molecule has 1 fully saturated rings. The molecule has 1 aliphatic heterocycles. The summed E-state index contributed by atoms with van der Waals surface area (Å²) in [6, 6.07) is 6.14. The molecular weight excluding hydrogens is 553 g/mol. The number of carbonyl (C=O) groups excluding carboxylic acids is 1. The highest BCUT2D eigenvalue weighted by Crippen LogP contribution is 2.48. The summed E-state index contributed by atoms with van der Waals surface area (Å²) < 4.78 is 37.8. The first-order chi connectivity index (χ1) is 18.2. The van der Waals surface area contributed by atoms with Crippen molar-refractivity contribution in [3.05, 3.63) is 41.9 Å². The average Bonchev–Trinajstić information content (AvgIpc) is 3.42. The van der Waals surface area contributed by atoms with Gasteiger partial charge in [0, 0.05) is 18.5 Å². The predicted octanol–water partition coefficient (Wildman–Crippen LogP) is 2.57. The highest BCUT2D eigenvalue weighted by Gasteiger charge is 2.47. The summed E-state index contributed by atoms with van der Waals surface area (Å²) in [6.07, 6.45) is 1.31. The van der Waals surface area contributed by atoms with Crippen molar-refractivity contribution in [2.24, 2.45) is 5.84 Å². The van der Waals surface area contributed by atoms with E-state index >= 15 is 0 Å². The summed E-state index contributed by atoms with van der Waals surface area (Å²) in [4.78, 5) is 25.0. The van der Waals surface area contributed by atoms with Gasteiger partial charge in [0.1, 0.15) is 23.2 Å². The number of nitrogens with one attached hydrogen (secondary N) is 1. The van der Waals surface area contributed by atoms with Crippen molar-refractivity contribution in [3.63, 3.8) is 0 Å². The van der Waals surface area contributed by atoms with Gasteiger partial charge in [0.15, 0.2) is 23.2 Å². The molecule has 0 spiro atoms. The fraction of sp³-hybridized carbons (Fsp3) is 0.478. The number of halogens is 1. The Hall–Kier alpha value is -2.84. The van der Waals surface area contributed by atoms with E-state index in [1.165, 1.54) is 50.8 Å². The molecule has 4 N–H and O–H groups in total. The molecule has 0 saturated carbocycles. The maximum absolute atomic E-state index is 13.8. The number of hydrogen-bond donors (Lipinski definition) is 3. The topological polar surface area (TPSA) is 176 Å². The smallest absolute Gasteiger partial charge is 0.459 e. The van der Waals surface area contributed by atoms with Gasteiger partial charge in [-0.1, -0.05) is 11.6 Å². The number of aromatic nitrogens is 4. The monoisotopic (exact) mass is 583 g/mol. The predicted molar refractivity (Wildman–Crippen MR) is 142 cm³/mol. The van der Waals surface area contributed by atoms with Crippen molar-refractivity contribution in [2.75, 3.05) is 25.8 Å². The number of aliphatic hydroxyl groups is 1. The summed E-state index contributed by atoms with van der Waals surface area (Å²) in [5.41, 5.74) is -1.97. The van der Waals surface area contributed by atoms with Gasteiger partial charge in [-0.05, 0) is 45.0 Å². The van der Waals surface area contributed by atoms with Gasteiger partial charge < -0.3 is 19.1 Å². The Bertz CT molecular complexity index is 1380. The first kappa shape index (κ1) is 29.2. The first-order valence-corrected chi connectivity index (χ1v) is 13.8. The number of anilines is 1. The van der Waals surface area contributed by atoms with E-state index in [9.17, 15) is 14.5 Å². The molecule has 0 radical (unpaired) electrons. The molecule has 39 heavy (non-hydrogen) atoms. The number of carbonyl (C=O) groups is 1. The zero-order valence-corrected chi connectivity index (χ0v) is 23.7. The van der Waals surface area contributed by atoms with E-state index in [2.05, 4.69) is 20.0 Å². The van der Waals surface area contributed by atoms with Gasteiger partial charge in [0.25, 0.3) is 0 Å². The molecule has 212 valence electrons. The summed E-state index contributed by atoms with van der Waals surface area (Å²) in [7, 11) is -1.36. The van der Waals surface area contributed by atoms with Crippen molar-refractivity contribution in [2.45, 2.75) is 50.7 Å². The van der Waals surface area contributed by atoms with E-state index in [1.807, 2.05) is 0 Å². The highest BCUT2D eigenvalue weighted by molar-refractivity contribution is 7.52. The molecule has 0 bridgehead atoms. The van der Waals surface area contributed by atoms with Crippen LogP contribution in [0.4, 0.5) is 5.82 Å². The molecule has 1 aromatic carbocycles. The largest absolute Gasteiger partial charge is 0.468 e. The third kappa shape index (κ3) is 6.33. The minimum Gasteiger partial charge on any atom is -0.468 e. The van der Waals surface area contributed by atoms with Crippen molar-refractivity contribution in [1.82, 2.24) is 24.6 Å². The molecule has 3 heterocycles. The fourth-order valence-corrected chi connectivity index (χ4v) is 6.04.